The summed E-state index contributed by atoms with van der Waals surface area (Å²) in [5.74, 6) is 0.800. The van der Waals surface area contributed by atoms with Gasteiger partial charge in [-0.1, -0.05) is 0 Å². The molecule has 1 atom stereocenters. The van der Waals surface area contributed by atoms with Gasteiger partial charge in [-0.05, 0) is 38.1 Å². The molecular weight excluding hydrogens is 282 g/mol. The monoisotopic (exact) mass is 307 g/mol. The summed E-state index contributed by atoms with van der Waals surface area (Å²) in [5, 5.41) is 5.78. The van der Waals surface area contributed by atoms with E-state index in [4.69, 9.17) is 9.47 Å². The molecule has 0 radical (unpaired) electrons. The largest absolute Gasteiger partial charge is 0.494 e. The molecule has 1 unspecified atom stereocenters. The summed E-state index contributed by atoms with van der Waals surface area (Å²) >= 11 is 0. The van der Waals surface area contributed by atoms with Crippen molar-refractivity contribution < 1.29 is 14.3 Å². The summed E-state index contributed by atoms with van der Waals surface area (Å²) in [4.78, 5) is 14.3. The molecule has 22 heavy (non-hydrogen) atoms. The molecule has 0 spiro atoms. The van der Waals surface area contributed by atoms with Crippen LogP contribution in [0.2, 0.25) is 0 Å². The van der Waals surface area contributed by atoms with E-state index in [0.29, 0.717) is 6.61 Å². The minimum atomic E-state index is -0.190. The molecule has 1 aliphatic rings. The van der Waals surface area contributed by atoms with Gasteiger partial charge < -0.3 is 20.1 Å². The van der Waals surface area contributed by atoms with E-state index in [1.807, 2.05) is 38.1 Å². The van der Waals surface area contributed by atoms with Crippen LogP contribution in [-0.2, 0) is 4.74 Å². The number of benzene rings is 1. The molecule has 1 fully saturated rings. The Morgan fingerprint density at radius 3 is 2.64 bits per heavy atom. The van der Waals surface area contributed by atoms with E-state index in [1.165, 1.54) is 0 Å². The van der Waals surface area contributed by atoms with E-state index in [1.54, 1.807) is 0 Å². The summed E-state index contributed by atoms with van der Waals surface area (Å²) in [5.41, 5.74) is 0.750. The summed E-state index contributed by atoms with van der Waals surface area (Å²) in [6.45, 7) is 8.80. The molecule has 1 aliphatic heterocycles. The number of nitrogens with zero attached hydrogens (tertiary/aromatic N) is 1. The summed E-state index contributed by atoms with van der Waals surface area (Å²) in [7, 11) is 0. The molecule has 2 amide bonds. The first-order chi connectivity index (χ1) is 10.7. The van der Waals surface area contributed by atoms with Crippen molar-refractivity contribution in [2.24, 2.45) is 0 Å². The van der Waals surface area contributed by atoms with Gasteiger partial charge in [0.05, 0.1) is 19.8 Å². The number of hydrogen-bond acceptors (Lipinski definition) is 4. The SMILES string of the molecule is CCOc1ccc(NC(=O)NC(C)CN2CCOCC2)cc1. The number of amides is 2. The number of rotatable bonds is 6. The van der Waals surface area contributed by atoms with Crippen molar-refractivity contribution in [3.63, 3.8) is 0 Å². The Morgan fingerprint density at radius 1 is 1.32 bits per heavy atom. The van der Waals surface area contributed by atoms with Crippen molar-refractivity contribution >= 4 is 11.7 Å². The topological polar surface area (TPSA) is 62.8 Å². The van der Waals surface area contributed by atoms with Crippen LogP contribution >= 0.6 is 0 Å². The molecule has 6 heteroatoms. The fraction of sp³-hybridized carbons (Fsp3) is 0.562. The number of carbonyl (C=O) groups is 1. The van der Waals surface area contributed by atoms with Crippen LogP contribution in [0, 0.1) is 0 Å². The maximum atomic E-state index is 12.0. The van der Waals surface area contributed by atoms with Crippen LogP contribution in [0.3, 0.4) is 0 Å². The summed E-state index contributed by atoms with van der Waals surface area (Å²) < 4.78 is 10.7. The number of ether oxygens (including phenoxy) is 2. The molecule has 0 bridgehead atoms. The van der Waals surface area contributed by atoms with Crippen molar-refractivity contribution in [2.45, 2.75) is 19.9 Å². The Labute approximate surface area is 131 Å². The highest BCUT2D eigenvalue weighted by atomic mass is 16.5. The molecule has 6 nitrogen and oxygen atoms in total. The maximum absolute atomic E-state index is 12.0. The second-order valence-electron chi connectivity index (χ2n) is 5.37. The molecule has 1 saturated heterocycles. The average molecular weight is 307 g/mol. The molecule has 1 aromatic carbocycles. The molecular formula is C16H25N3O3. The highest BCUT2D eigenvalue weighted by molar-refractivity contribution is 5.89. The smallest absolute Gasteiger partial charge is 0.319 e. The molecule has 2 rings (SSSR count). The van der Waals surface area contributed by atoms with Crippen LogP contribution in [0.4, 0.5) is 10.5 Å². The third kappa shape index (κ3) is 5.54. The van der Waals surface area contributed by atoms with Gasteiger partial charge in [0.2, 0.25) is 0 Å². The van der Waals surface area contributed by atoms with Crippen molar-refractivity contribution in [1.29, 1.82) is 0 Å². The lowest BCUT2D eigenvalue weighted by molar-refractivity contribution is 0.0350. The predicted octanol–water partition coefficient (Wildman–Crippen LogP) is 1.93. The quantitative estimate of drug-likeness (QED) is 0.843. The van der Waals surface area contributed by atoms with Gasteiger partial charge in [0.25, 0.3) is 0 Å². The number of nitrogens with one attached hydrogen (secondary N) is 2. The normalized spacial score (nSPS) is 16.8. The second kappa shape index (κ2) is 8.60. The lowest BCUT2D eigenvalue weighted by Crippen LogP contribution is -2.47. The molecule has 0 aromatic heterocycles. The third-order valence-electron chi connectivity index (χ3n) is 3.44. The van der Waals surface area contributed by atoms with Crippen LogP contribution in [0.15, 0.2) is 24.3 Å². The Bertz CT molecular complexity index is 458. The van der Waals surface area contributed by atoms with Gasteiger partial charge in [-0.25, -0.2) is 4.79 Å². The molecule has 1 aromatic rings. The summed E-state index contributed by atoms with van der Waals surface area (Å²) in [6.07, 6.45) is 0. The molecule has 0 saturated carbocycles. The van der Waals surface area contributed by atoms with Crippen LogP contribution < -0.4 is 15.4 Å². The van der Waals surface area contributed by atoms with E-state index in [0.717, 1.165) is 44.3 Å². The third-order valence-corrected chi connectivity index (χ3v) is 3.44. The minimum Gasteiger partial charge on any atom is -0.494 e. The van der Waals surface area contributed by atoms with E-state index in [9.17, 15) is 4.79 Å². The average Bonchev–Trinajstić information content (AvgIpc) is 2.50. The predicted molar refractivity (Wildman–Crippen MR) is 86.5 cm³/mol. The standard InChI is InChI=1S/C16H25N3O3/c1-3-22-15-6-4-14(5-7-15)18-16(20)17-13(2)12-19-8-10-21-11-9-19/h4-7,13H,3,8-12H2,1-2H3,(H2,17,18,20). The molecule has 0 aliphatic carbocycles. The van der Waals surface area contributed by atoms with Gasteiger partial charge in [0.15, 0.2) is 0 Å². The zero-order valence-electron chi connectivity index (χ0n) is 13.3. The Hall–Kier alpha value is -1.79. The van der Waals surface area contributed by atoms with Gasteiger partial charge in [-0.2, -0.15) is 0 Å². The lowest BCUT2D eigenvalue weighted by atomic mass is 10.3. The Balaban J connectivity index is 1.74. The first kappa shape index (κ1) is 16.6. The molecule has 122 valence electrons. The summed E-state index contributed by atoms with van der Waals surface area (Å²) in [6, 6.07) is 7.24. The number of urea groups is 1. The maximum Gasteiger partial charge on any atom is 0.319 e. The van der Waals surface area contributed by atoms with Gasteiger partial charge in [-0.15, -0.1) is 0 Å². The number of anilines is 1. The highest BCUT2D eigenvalue weighted by Gasteiger charge is 2.15. The molecule has 1 heterocycles. The first-order valence-electron chi connectivity index (χ1n) is 7.78. The van der Waals surface area contributed by atoms with Gasteiger partial charge in [0, 0.05) is 31.4 Å². The van der Waals surface area contributed by atoms with Gasteiger partial charge in [-0.3, -0.25) is 4.90 Å². The van der Waals surface area contributed by atoms with Gasteiger partial charge >= 0.3 is 6.03 Å². The van der Waals surface area contributed by atoms with E-state index < -0.39 is 0 Å². The fourth-order valence-corrected chi connectivity index (χ4v) is 2.41. The van der Waals surface area contributed by atoms with Crippen LogP contribution in [-0.4, -0.2) is 56.4 Å². The number of morpholine rings is 1. The van der Waals surface area contributed by atoms with Crippen LogP contribution in [0.25, 0.3) is 0 Å². The Morgan fingerprint density at radius 2 is 2.00 bits per heavy atom. The Kier molecular flexibility index (Phi) is 6.48. The molecule has 2 N–H and O–H groups in total. The van der Waals surface area contributed by atoms with E-state index in [-0.39, 0.29) is 12.1 Å². The minimum absolute atomic E-state index is 0.0841. The van der Waals surface area contributed by atoms with E-state index >= 15 is 0 Å². The first-order valence-corrected chi connectivity index (χ1v) is 7.78. The zero-order chi connectivity index (χ0) is 15.8. The van der Waals surface area contributed by atoms with Crippen LogP contribution in [0.5, 0.6) is 5.75 Å². The van der Waals surface area contributed by atoms with Crippen LogP contribution in [0.1, 0.15) is 13.8 Å². The lowest BCUT2D eigenvalue weighted by Gasteiger charge is -2.29. The number of carbonyl (C=O) groups excluding carboxylic acids is 1. The number of hydrogen-bond donors (Lipinski definition) is 2. The fourth-order valence-electron chi connectivity index (χ4n) is 2.41. The highest BCUT2D eigenvalue weighted by Crippen LogP contribution is 2.15. The van der Waals surface area contributed by atoms with Crippen molar-refractivity contribution in [3.05, 3.63) is 24.3 Å². The van der Waals surface area contributed by atoms with Crippen molar-refractivity contribution in [2.75, 3.05) is 44.8 Å². The van der Waals surface area contributed by atoms with Gasteiger partial charge in [0.1, 0.15) is 5.75 Å². The van der Waals surface area contributed by atoms with Crippen molar-refractivity contribution in [3.8, 4) is 5.75 Å². The van der Waals surface area contributed by atoms with Crippen molar-refractivity contribution in [1.82, 2.24) is 10.2 Å². The zero-order valence-corrected chi connectivity index (χ0v) is 13.3. The van der Waals surface area contributed by atoms with E-state index in [2.05, 4.69) is 15.5 Å². The second-order valence-corrected chi connectivity index (χ2v) is 5.37.